The Bertz CT molecular complexity index is 346. The second-order valence-corrected chi connectivity index (χ2v) is 3.26. The van der Waals surface area contributed by atoms with Crippen molar-refractivity contribution in [2.24, 2.45) is 0 Å². The van der Waals surface area contributed by atoms with Crippen molar-refractivity contribution in [1.29, 1.82) is 0 Å². The minimum absolute atomic E-state index is 0.314. The van der Waals surface area contributed by atoms with Gasteiger partial charge in [0.1, 0.15) is 17.9 Å². The predicted octanol–water partition coefficient (Wildman–Crippen LogP) is 0.822. The number of aliphatic hydroxyl groups excluding tert-OH is 1. The normalized spacial score (nSPS) is 26.8. The maximum atomic E-state index is 13.2. The SMILES string of the molecule is OC1CC(c2ccc(F)cc2F)NN1. The summed E-state index contributed by atoms with van der Waals surface area (Å²) >= 11 is 0. The lowest BCUT2D eigenvalue weighted by atomic mass is 10.0. The van der Waals surface area contributed by atoms with Gasteiger partial charge in [-0.3, -0.25) is 0 Å². The highest BCUT2D eigenvalue weighted by Crippen LogP contribution is 2.24. The lowest BCUT2D eigenvalue weighted by Gasteiger charge is -2.10. The van der Waals surface area contributed by atoms with E-state index in [4.69, 9.17) is 5.11 Å². The van der Waals surface area contributed by atoms with Gasteiger partial charge in [0.2, 0.25) is 0 Å². The summed E-state index contributed by atoms with van der Waals surface area (Å²) in [5.41, 5.74) is 5.63. The van der Waals surface area contributed by atoms with Crippen LogP contribution in [0.25, 0.3) is 0 Å². The van der Waals surface area contributed by atoms with E-state index in [1.807, 2.05) is 0 Å². The summed E-state index contributed by atoms with van der Waals surface area (Å²) in [5.74, 6) is -1.20. The van der Waals surface area contributed by atoms with Crippen molar-refractivity contribution in [2.75, 3.05) is 0 Å². The Kier molecular flexibility index (Phi) is 2.45. The monoisotopic (exact) mass is 200 g/mol. The zero-order chi connectivity index (χ0) is 10.1. The van der Waals surface area contributed by atoms with Crippen LogP contribution in [0, 0.1) is 11.6 Å². The molecule has 0 aliphatic carbocycles. The quantitative estimate of drug-likeness (QED) is 0.629. The van der Waals surface area contributed by atoms with Crippen LogP contribution in [-0.2, 0) is 0 Å². The molecule has 1 aliphatic heterocycles. The third-order valence-electron chi connectivity index (χ3n) is 2.22. The molecule has 0 aromatic heterocycles. The van der Waals surface area contributed by atoms with Crippen LogP contribution in [0.1, 0.15) is 18.0 Å². The first-order chi connectivity index (χ1) is 6.66. The van der Waals surface area contributed by atoms with Crippen molar-refractivity contribution in [3.05, 3.63) is 35.4 Å². The Morgan fingerprint density at radius 3 is 2.64 bits per heavy atom. The van der Waals surface area contributed by atoms with Gasteiger partial charge in [-0.25, -0.2) is 19.6 Å². The fraction of sp³-hybridized carbons (Fsp3) is 0.333. The molecule has 0 radical (unpaired) electrons. The third kappa shape index (κ3) is 1.75. The van der Waals surface area contributed by atoms with Crippen LogP contribution < -0.4 is 10.9 Å². The van der Waals surface area contributed by atoms with Crippen LogP contribution in [0.3, 0.4) is 0 Å². The van der Waals surface area contributed by atoms with Crippen LogP contribution >= 0.6 is 0 Å². The molecule has 1 aliphatic rings. The van der Waals surface area contributed by atoms with Gasteiger partial charge in [-0.05, 0) is 6.07 Å². The fourth-order valence-corrected chi connectivity index (χ4v) is 1.53. The molecule has 2 rings (SSSR count). The second kappa shape index (κ2) is 3.61. The van der Waals surface area contributed by atoms with Gasteiger partial charge >= 0.3 is 0 Å². The minimum atomic E-state index is -0.690. The molecule has 0 amide bonds. The topological polar surface area (TPSA) is 44.3 Å². The van der Waals surface area contributed by atoms with E-state index in [0.29, 0.717) is 12.0 Å². The van der Waals surface area contributed by atoms with Gasteiger partial charge in [0, 0.05) is 18.1 Å². The number of hydrogen-bond donors (Lipinski definition) is 3. The predicted molar refractivity (Wildman–Crippen MR) is 46.0 cm³/mol. The molecular formula is C9H10F2N2O. The minimum Gasteiger partial charge on any atom is -0.377 e. The highest BCUT2D eigenvalue weighted by Gasteiger charge is 2.25. The zero-order valence-corrected chi connectivity index (χ0v) is 7.30. The summed E-state index contributed by atoms with van der Waals surface area (Å²) in [6.07, 6.45) is -0.327. The molecule has 1 fully saturated rings. The molecule has 2 atom stereocenters. The highest BCUT2D eigenvalue weighted by atomic mass is 19.1. The number of rotatable bonds is 1. The van der Waals surface area contributed by atoms with E-state index < -0.39 is 17.9 Å². The van der Waals surface area contributed by atoms with Crippen molar-refractivity contribution < 1.29 is 13.9 Å². The number of aliphatic hydroxyl groups is 1. The average molecular weight is 200 g/mol. The summed E-state index contributed by atoms with van der Waals surface area (Å²) in [6.45, 7) is 0. The molecule has 2 unspecified atom stereocenters. The molecule has 5 heteroatoms. The molecule has 1 saturated heterocycles. The molecular weight excluding hydrogens is 190 g/mol. The van der Waals surface area contributed by atoms with Crippen LogP contribution in [0.15, 0.2) is 18.2 Å². The van der Waals surface area contributed by atoms with Gasteiger partial charge < -0.3 is 5.11 Å². The number of halogens is 2. The molecule has 3 nitrogen and oxygen atoms in total. The second-order valence-electron chi connectivity index (χ2n) is 3.26. The van der Waals surface area contributed by atoms with E-state index in [0.717, 1.165) is 6.07 Å². The molecule has 0 bridgehead atoms. The Labute approximate surface area is 79.7 Å². The molecule has 1 aromatic rings. The molecule has 1 heterocycles. The van der Waals surface area contributed by atoms with Gasteiger partial charge in [0.05, 0.1) is 6.04 Å². The van der Waals surface area contributed by atoms with E-state index in [-0.39, 0.29) is 6.04 Å². The zero-order valence-electron chi connectivity index (χ0n) is 7.30. The average Bonchev–Trinajstić information content (AvgIpc) is 2.51. The largest absolute Gasteiger partial charge is 0.377 e. The van der Waals surface area contributed by atoms with E-state index in [2.05, 4.69) is 10.9 Å². The molecule has 1 aromatic carbocycles. The van der Waals surface area contributed by atoms with E-state index in [9.17, 15) is 8.78 Å². The first-order valence-corrected chi connectivity index (χ1v) is 4.31. The standard InChI is InChI=1S/C9H10F2N2O/c10-5-1-2-6(7(11)3-5)8-4-9(14)13-12-8/h1-3,8-9,12-14H,4H2. The van der Waals surface area contributed by atoms with E-state index in [1.165, 1.54) is 12.1 Å². The molecule has 0 saturated carbocycles. The molecule has 76 valence electrons. The number of hydrazine groups is 1. The summed E-state index contributed by atoms with van der Waals surface area (Å²) in [4.78, 5) is 0. The first-order valence-electron chi connectivity index (χ1n) is 4.31. The van der Waals surface area contributed by atoms with Crippen LogP contribution in [0.5, 0.6) is 0 Å². The number of benzene rings is 1. The first kappa shape index (κ1) is 9.51. The number of hydrogen-bond acceptors (Lipinski definition) is 3. The molecule has 14 heavy (non-hydrogen) atoms. The van der Waals surface area contributed by atoms with Gasteiger partial charge in [0.25, 0.3) is 0 Å². The smallest absolute Gasteiger partial charge is 0.130 e. The third-order valence-corrected chi connectivity index (χ3v) is 2.22. The fourth-order valence-electron chi connectivity index (χ4n) is 1.53. The maximum Gasteiger partial charge on any atom is 0.130 e. The summed E-state index contributed by atoms with van der Waals surface area (Å²) in [7, 11) is 0. The Morgan fingerprint density at radius 2 is 2.07 bits per heavy atom. The summed E-state index contributed by atoms with van der Waals surface area (Å²) in [5, 5.41) is 9.14. The van der Waals surface area contributed by atoms with E-state index >= 15 is 0 Å². The van der Waals surface area contributed by atoms with Crippen molar-refractivity contribution in [3.63, 3.8) is 0 Å². The Morgan fingerprint density at radius 1 is 1.29 bits per heavy atom. The van der Waals surface area contributed by atoms with Crippen molar-refractivity contribution in [3.8, 4) is 0 Å². The molecule has 0 spiro atoms. The van der Waals surface area contributed by atoms with Gasteiger partial charge in [-0.2, -0.15) is 0 Å². The Balaban J connectivity index is 2.24. The van der Waals surface area contributed by atoms with Crippen molar-refractivity contribution >= 4 is 0 Å². The lowest BCUT2D eigenvalue weighted by Crippen LogP contribution is -2.30. The van der Waals surface area contributed by atoms with Crippen molar-refractivity contribution in [2.45, 2.75) is 18.7 Å². The lowest BCUT2D eigenvalue weighted by molar-refractivity contribution is 0.153. The van der Waals surface area contributed by atoms with Crippen LogP contribution in [0.2, 0.25) is 0 Å². The highest BCUT2D eigenvalue weighted by molar-refractivity contribution is 5.22. The van der Waals surface area contributed by atoms with Crippen molar-refractivity contribution in [1.82, 2.24) is 10.9 Å². The summed E-state index contributed by atoms with van der Waals surface area (Å²) in [6, 6.07) is 3.10. The van der Waals surface area contributed by atoms with E-state index in [1.54, 1.807) is 0 Å². The molecule has 3 N–H and O–H groups in total. The van der Waals surface area contributed by atoms with Gasteiger partial charge in [-0.1, -0.05) is 6.07 Å². The number of nitrogens with one attached hydrogen (secondary N) is 2. The van der Waals surface area contributed by atoms with Gasteiger partial charge in [-0.15, -0.1) is 0 Å². The van der Waals surface area contributed by atoms with Crippen LogP contribution in [-0.4, -0.2) is 11.3 Å². The van der Waals surface area contributed by atoms with Crippen LogP contribution in [0.4, 0.5) is 8.78 Å². The Hall–Kier alpha value is -1.04. The maximum absolute atomic E-state index is 13.2. The van der Waals surface area contributed by atoms with Gasteiger partial charge in [0.15, 0.2) is 0 Å². The summed E-state index contributed by atoms with van der Waals surface area (Å²) < 4.78 is 25.8.